The lowest BCUT2D eigenvalue weighted by Gasteiger charge is -2.36. The van der Waals surface area contributed by atoms with E-state index in [0.717, 1.165) is 6.42 Å². The molecule has 0 aromatic rings. The topological polar surface area (TPSA) is 35.2 Å². The van der Waals surface area contributed by atoms with Crippen LogP contribution >= 0.6 is 0 Å². The number of halogens is 3. The van der Waals surface area contributed by atoms with Crippen molar-refractivity contribution in [1.82, 2.24) is 0 Å². The summed E-state index contributed by atoms with van der Waals surface area (Å²) in [4.78, 5) is 0. The van der Waals surface area contributed by atoms with Gasteiger partial charge in [-0.3, -0.25) is 0 Å². The summed E-state index contributed by atoms with van der Waals surface area (Å²) in [5.41, 5.74) is 5.73. The second kappa shape index (κ2) is 3.38. The van der Waals surface area contributed by atoms with Crippen molar-refractivity contribution >= 4 is 0 Å². The zero-order chi connectivity index (χ0) is 10.3. The highest BCUT2D eigenvalue weighted by molar-refractivity contribution is 4.94. The van der Waals surface area contributed by atoms with Gasteiger partial charge in [-0.05, 0) is 19.3 Å². The number of rotatable bonds is 0. The van der Waals surface area contributed by atoms with Crippen LogP contribution in [0.4, 0.5) is 13.2 Å². The second-order valence-electron chi connectivity index (χ2n) is 4.24. The van der Waals surface area contributed by atoms with Crippen molar-refractivity contribution < 1.29 is 17.9 Å². The molecule has 0 unspecified atom stereocenters. The quantitative estimate of drug-likeness (QED) is 0.659. The third kappa shape index (κ3) is 1.75. The third-order valence-electron chi connectivity index (χ3n) is 3.35. The maximum Gasteiger partial charge on any atom is 0.391 e. The fourth-order valence-electron chi connectivity index (χ4n) is 2.54. The lowest BCUT2D eigenvalue weighted by atomic mass is 9.76. The van der Waals surface area contributed by atoms with Gasteiger partial charge in [0.05, 0.1) is 12.0 Å². The van der Waals surface area contributed by atoms with Crippen molar-refractivity contribution in [2.75, 3.05) is 6.61 Å². The van der Waals surface area contributed by atoms with Crippen LogP contribution < -0.4 is 5.73 Å². The van der Waals surface area contributed by atoms with Crippen molar-refractivity contribution in [3.05, 3.63) is 0 Å². The van der Waals surface area contributed by atoms with Gasteiger partial charge in [-0.1, -0.05) is 0 Å². The molecule has 5 heteroatoms. The number of alkyl halides is 3. The van der Waals surface area contributed by atoms with Gasteiger partial charge < -0.3 is 10.5 Å². The summed E-state index contributed by atoms with van der Waals surface area (Å²) in [7, 11) is 0. The summed E-state index contributed by atoms with van der Waals surface area (Å²) in [5.74, 6) is -1.12. The first-order valence-electron chi connectivity index (χ1n) is 4.92. The zero-order valence-electron chi connectivity index (χ0n) is 7.76. The maximum atomic E-state index is 12.5. The highest BCUT2D eigenvalue weighted by atomic mass is 19.4. The average molecular weight is 209 g/mol. The van der Waals surface area contributed by atoms with E-state index in [-0.39, 0.29) is 30.9 Å². The van der Waals surface area contributed by atoms with E-state index in [0.29, 0.717) is 6.61 Å². The number of ether oxygens (including phenoxy) is 1. The molecule has 4 atom stereocenters. The predicted octanol–water partition coefficient (Wildman–Crippen LogP) is 1.69. The predicted molar refractivity (Wildman–Crippen MR) is 44.6 cm³/mol. The van der Waals surface area contributed by atoms with E-state index in [9.17, 15) is 13.2 Å². The van der Waals surface area contributed by atoms with Gasteiger partial charge in [0.25, 0.3) is 0 Å². The molecular formula is C9H14F3NO. The third-order valence-corrected chi connectivity index (χ3v) is 3.35. The minimum atomic E-state index is -4.12. The first-order chi connectivity index (χ1) is 6.48. The zero-order valence-corrected chi connectivity index (χ0v) is 7.76. The van der Waals surface area contributed by atoms with E-state index in [4.69, 9.17) is 10.5 Å². The van der Waals surface area contributed by atoms with Crippen molar-refractivity contribution in [2.24, 2.45) is 17.6 Å². The highest BCUT2D eigenvalue weighted by Crippen LogP contribution is 2.43. The van der Waals surface area contributed by atoms with Gasteiger partial charge in [0.1, 0.15) is 0 Å². The fourth-order valence-corrected chi connectivity index (χ4v) is 2.54. The molecule has 1 heterocycles. The van der Waals surface area contributed by atoms with Gasteiger partial charge >= 0.3 is 6.18 Å². The molecule has 1 saturated heterocycles. The molecule has 0 aromatic heterocycles. The highest BCUT2D eigenvalue weighted by Gasteiger charge is 2.49. The maximum absolute atomic E-state index is 12.5. The first kappa shape index (κ1) is 10.2. The largest absolute Gasteiger partial charge is 0.391 e. The van der Waals surface area contributed by atoms with Gasteiger partial charge in [-0.2, -0.15) is 13.2 Å². The van der Waals surface area contributed by atoms with E-state index < -0.39 is 12.1 Å². The molecule has 0 bridgehead atoms. The molecule has 82 valence electrons. The van der Waals surface area contributed by atoms with Crippen LogP contribution in [-0.4, -0.2) is 24.9 Å². The van der Waals surface area contributed by atoms with E-state index in [2.05, 4.69) is 0 Å². The van der Waals surface area contributed by atoms with Gasteiger partial charge in [0, 0.05) is 18.6 Å². The minimum absolute atomic E-state index is 0.0635. The van der Waals surface area contributed by atoms with Crippen molar-refractivity contribution in [2.45, 2.75) is 37.6 Å². The fraction of sp³-hybridized carbons (Fsp3) is 1.00. The SMILES string of the molecule is N[C@H]1C[C@@H](C(F)(F)F)C[C@@H]2OCC[C@@H]21. The molecule has 1 aliphatic heterocycles. The Morgan fingerprint density at radius 1 is 1.21 bits per heavy atom. The molecular weight excluding hydrogens is 195 g/mol. The molecule has 1 saturated carbocycles. The standard InChI is InChI=1S/C9H14F3NO/c10-9(11,12)5-3-7(13)6-1-2-14-8(6)4-5/h5-8H,1-4,13H2/t5-,6-,7+,8+/m1/s1. The van der Waals surface area contributed by atoms with Gasteiger partial charge in [-0.25, -0.2) is 0 Å². The molecule has 1 aliphatic carbocycles. The van der Waals surface area contributed by atoms with Crippen LogP contribution in [0.3, 0.4) is 0 Å². The molecule has 0 amide bonds. The molecule has 2 aliphatic rings. The summed E-state index contributed by atoms with van der Waals surface area (Å²) in [6.07, 6.45) is -3.40. The number of fused-ring (bicyclic) bond motifs is 1. The molecule has 2 N–H and O–H groups in total. The monoisotopic (exact) mass is 209 g/mol. The Hall–Kier alpha value is -0.290. The molecule has 2 nitrogen and oxygen atoms in total. The lowest BCUT2D eigenvalue weighted by Crippen LogP contribution is -2.46. The van der Waals surface area contributed by atoms with Crippen LogP contribution in [0.15, 0.2) is 0 Å². The van der Waals surface area contributed by atoms with Crippen molar-refractivity contribution in [3.8, 4) is 0 Å². The normalized spacial score (nSPS) is 43.7. The Balaban J connectivity index is 2.06. The van der Waals surface area contributed by atoms with Crippen LogP contribution in [0.2, 0.25) is 0 Å². The van der Waals surface area contributed by atoms with E-state index in [1.54, 1.807) is 0 Å². The minimum Gasteiger partial charge on any atom is -0.378 e. The Kier molecular flexibility index (Phi) is 2.47. The Bertz CT molecular complexity index is 219. The van der Waals surface area contributed by atoms with Gasteiger partial charge in [0.2, 0.25) is 0 Å². The number of hydrogen-bond donors (Lipinski definition) is 1. The average Bonchev–Trinajstić information content (AvgIpc) is 2.50. The first-order valence-corrected chi connectivity index (χ1v) is 4.92. The molecule has 0 radical (unpaired) electrons. The summed E-state index contributed by atoms with van der Waals surface area (Å²) in [6.45, 7) is 0.563. The van der Waals surface area contributed by atoms with Crippen LogP contribution in [0.5, 0.6) is 0 Å². The van der Waals surface area contributed by atoms with Crippen molar-refractivity contribution in [1.29, 1.82) is 0 Å². The van der Waals surface area contributed by atoms with E-state index in [1.165, 1.54) is 0 Å². The molecule has 2 rings (SSSR count). The van der Waals surface area contributed by atoms with E-state index >= 15 is 0 Å². The smallest absolute Gasteiger partial charge is 0.378 e. The van der Waals surface area contributed by atoms with E-state index in [1.807, 2.05) is 0 Å². The van der Waals surface area contributed by atoms with Crippen LogP contribution in [0, 0.1) is 11.8 Å². The summed E-state index contributed by atoms with van der Waals surface area (Å²) in [6, 6.07) is -0.345. The molecule has 0 spiro atoms. The molecule has 14 heavy (non-hydrogen) atoms. The second-order valence-corrected chi connectivity index (χ2v) is 4.24. The van der Waals surface area contributed by atoms with Gasteiger partial charge in [-0.15, -0.1) is 0 Å². The van der Waals surface area contributed by atoms with Crippen LogP contribution in [-0.2, 0) is 4.74 Å². The number of hydrogen-bond acceptors (Lipinski definition) is 2. The summed E-state index contributed by atoms with van der Waals surface area (Å²) >= 11 is 0. The summed E-state index contributed by atoms with van der Waals surface area (Å²) < 4.78 is 42.7. The van der Waals surface area contributed by atoms with Crippen LogP contribution in [0.25, 0.3) is 0 Å². The summed E-state index contributed by atoms with van der Waals surface area (Å²) in [5, 5.41) is 0. The van der Waals surface area contributed by atoms with Gasteiger partial charge in [0.15, 0.2) is 0 Å². The Morgan fingerprint density at radius 3 is 2.57 bits per heavy atom. The number of nitrogens with two attached hydrogens (primary N) is 1. The van der Waals surface area contributed by atoms with Crippen molar-refractivity contribution in [3.63, 3.8) is 0 Å². The molecule has 2 fully saturated rings. The Labute approximate surface area is 80.6 Å². The molecule has 0 aromatic carbocycles. The lowest BCUT2D eigenvalue weighted by molar-refractivity contribution is -0.193. The van der Waals surface area contributed by atoms with Crippen LogP contribution in [0.1, 0.15) is 19.3 Å². The Morgan fingerprint density at radius 2 is 1.93 bits per heavy atom.